The van der Waals surface area contributed by atoms with E-state index in [0.717, 1.165) is 0 Å². The summed E-state index contributed by atoms with van der Waals surface area (Å²) in [5.41, 5.74) is 0. The van der Waals surface area contributed by atoms with Crippen LogP contribution in [-0.2, 0) is 19.0 Å². The van der Waals surface area contributed by atoms with E-state index in [-0.39, 0.29) is 12.8 Å². The predicted octanol–water partition coefficient (Wildman–Crippen LogP) is 0.0460. The van der Waals surface area contributed by atoms with Crippen molar-refractivity contribution < 1.29 is 19.0 Å². The van der Waals surface area contributed by atoms with Crippen molar-refractivity contribution in [1.29, 1.82) is 0 Å². The Morgan fingerprint density at radius 3 is 3.10 bits per heavy atom. The number of carbonyl (C=O) groups is 1. The lowest BCUT2D eigenvalue weighted by atomic mass is 10.5. The standard InChI is InChI=1S/C6H8O4/c1-8-4-9-6-3-2-5(7)10-6/h2-3,6H,4H2,1H3. The summed E-state index contributed by atoms with van der Waals surface area (Å²) >= 11 is 0. The SMILES string of the molecule is COCOC1C=CC(=O)O1. The minimum Gasteiger partial charge on any atom is -0.429 e. The van der Waals surface area contributed by atoms with E-state index in [1.807, 2.05) is 0 Å². The topological polar surface area (TPSA) is 44.8 Å². The molecule has 1 rings (SSSR count). The van der Waals surface area contributed by atoms with Gasteiger partial charge in [-0.15, -0.1) is 0 Å². The van der Waals surface area contributed by atoms with E-state index in [0.29, 0.717) is 0 Å². The van der Waals surface area contributed by atoms with E-state index >= 15 is 0 Å². The lowest BCUT2D eigenvalue weighted by molar-refractivity contribution is -0.174. The fourth-order valence-electron chi connectivity index (χ4n) is 0.575. The molecule has 0 bridgehead atoms. The summed E-state index contributed by atoms with van der Waals surface area (Å²) in [5.74, 6) is -0.374. The molecule has 1 atom stereocenters. The van der Waals surface area contributed by atoms with Crippen molar-refractivity contribution in [2.24, 2.45) is 0 Å². The smallest absolute Gasteiger partial charge is 0.333 e. The highest BCUT2D eigenvalue weighted by molar-refractivity contribution is 5.84. The molecule has 1 aliphatic rings. The number of rotatable bonds is 3. The molecule has 0 spiro atoms. The van der Waals surface area contributed by atoms with Crippen LogP contribution in [0.2, 0.25) is 0 Å². The van der Waals surface area contributed by atoms with Gasteiger partial charge in [0.15, 0.2) is 6.79 Å². The Balaban J connectivity index is 2.20. The van der Waals surface area contributed by atoms with Gasteiger partial charge in [-0.1, -0.05) is 0 Å². The molecule has 1 aliphatic heterocycles. The van der Waals surface area contributed by atoms with E-state index in [1.54, 1.807) is 0 Å². The molecule has 56 valence electrons. The van der Waals surface area contributed by atoms with Crippen LogP contribution in [0.5, 0.6) is 0 Å². The van der Waals surface area contributed by atoms with Gasteiger partial charge in [0.25, 0.3) is 0 Å². The maximum atomic E-state index is 10.4. The van der Waals surface area contributed by atoms with Gasteiger partial charge in [-0.25, -0.2) is 4.79 Å². The largest absolute Gasteiger partial charge is 0.429 e. The highest BCUT2D eigenvalue weighted by atomic mass is 16.8. The highest BCUT2D eigenvalue weighted by Gasteiger charge is 2.15. The van der Waals surface area contributed by atoms with E-state index < -0.39 is 6.29 Å². The van der Waals surface area contributed by atoms with Crippen LogP contribution >= 0.6 is 0 Å². The molecule has 4 nitrogen and oxygen atoms in total. The summed E-state index contributed by atoms with van der Waals surface area (Å²) in [4.78, 5) is 10.4. The Morgan fingerprint density at radius 2 is 2.60 bits per heavy atom. The number of cyclic esters (lactones) is 1. The first-order valence-electron chi connectivity index (χ1n) is 2.82. The Labute approximate surface area is 58.4 Å². The van der Waals surface area contributed by atoms with Gasteiger partial charge in [0.1, 0.15) is 0 Å². The van der Waals surface area contributed by atoms with Crippen LogP contribution in [0.3, 0.4) is 0 Å². The van der Waals surface area contributed by atoms with Crippen molar-refractivity contribution in [3.63, 3.8) is 0 Å². The van der Waals surface area contributed by atoms with Gasteiger partial charge in [0.05, 0.1) is 0 Å². The molecule has 0 radical (unpaired) electrons. The fraction of sp³-hybridized carbons (Fsp3) is 0.500. The average Bonchev–Trinajstić information content (AvgIpc) is 2.31. The molecular weight excluding hydrogens is 136 g/mol. The van der Waals surface area contributed by atoms with E-state index in [1.165, 1.54) is 19.3 Å². The van der Waals surface area contributed by atoms with Crippen molar-refractivity contribution in [3.8, 4) is 0 Å². The van der Waals surface area contributed by atoms with Crippen molar-refractivity contribution in [2.75, 3.05) is 13.9 Å². The van der Waals surface area contributed by atoms with E-state index in [2.05, 4.69) is 9.47 Å². The summed E-state index contributed by atoms with van der Waals surface area (Å²) in [6.45, 7) is 0.127. The third kappa shape index (κ3) is 1.82. The monoisotopic (exact) mass is 144 g/mol. The number of hydrogen-bond donors (Lipinski definition) is 0. The molecule has 0 saturated carbocycles. The fourth-order valence-corrected chi connectivity index (χ4v) is 0.575. The predicted molar refractivity (Wildman–Crippen MR) is 32.0 cm³/mol. The summed E-state index contributed by atoms with van der Waals surface area (Å²) < 4.78 is 14.1. The maximum absolute atomic E-state index is 10.4. The van der Waals surface area contributed by atoms with Crippen LogP contribution in [0, 0.1) is 0 Å². The van der Waals surface area contributed by atoms with Crippen LogP contribution in [0.25, 0.3) is 0 Å². The third-order valence-corrected chi connectivity index (χ3v) is 0.972. The second-order valence-corrected chi connectivity index (χ2v) is 1.74. The van der Waals surface area contributed by atoms with Crippen LogP contribution in [-0.4, -0.2) is 26.2 Å². The molecule has 0 saturated heterocycles. The van der Waals surface area contributed by atoms with Gasteiger partial charge in [0, 0.05) is 13.2 Å². The molecule has 0 aromatic carbocycles. The number of methoxy groups -OCH3 is 1. The van der Waals surface area contributed by atoms with E-state index in [4.69, 9.17) is 4.74 Å². The first-order chi connectivity index (χ1) is 4.83. The molecule has 0 amide bonds. The molecular formula is C6H8O4. The van der Waals surface area contributed by atoms with Crippen LogP contribution in [0.1, 0.15) is 0 Å². The number of carbonyl (C=O) groups excluding carboxylic acids is 1. The molecule has 0 N–H and O–H groups in total. The minimum atomic E-state index is -0.563. The maximum Gasteiger partial charge on any atom is 0.333 e. The summed E-state index contributed by atoms with van der Waals surface area (Å²) in [6, 6.07) is 0. The normalized spacial score (nSPS) is 23.3. The summed E-state index contributed by atoms with van der Waals surface area (Å²) in [6.07, 6.45) is 2.29. The molecule has 1 unspecified atom stereocenters. The zero-order chi connectivity index (χ0) is 7.40. The van der Waals surface area contributed by atoms with Gasteiger partial charge < -0.3 is 14.2 Å². The molecule has 0 aliphatic carbocycles. The average molecular weight is 144 g/mol. The van der Waals surface area contributed by atoms with Crippen LogP contribution in [0.4, 0.5) is 0 Å². The molecule has 4 heteroatoms. The van der Waals surface area contributed by atoms with Gasteiger partial charge >= 0.3 is 5.97 Å². The lowest BCUT2D eigenvalue weighted by Gasteiger charge is -2.07. The van der Waals surface area contributed by atoms with Crippen molar-refractivity contribution in [2.45, 2.75) is 6.29 Å². The van der Waals surface area contributed by atoms with Gasteiger partial charge in [-0.3, -0.25) is 0 Å². The second-order valence-electron chi connectivity index (χ2n) is 1.74. The van der Waals surface area contributed by atoms with Crippen molar-refractivity contribution >= 4 is 5.97 Å². The molecule has 1 heterocycles. The molecule has 0 fully saturated rings. The van der Waals surface area contributed by atoms with Gasteiger partial charge in [-0.2, -0.15) is 0 Å². The van der Waals surface area contributed by atoms with Crippen LogP contribution < -0.4 is 0 Å². The van der Waals surface area contributed by atoms with Gasteiger partial charge in [-0.05, 0) is 6.08 Å². The lowest BCUT2D eigenvalue weighted by Crippen LogP contribution is -2.13. The molecule has 0 aromatic rings. The number of esters is 1. The minimum absolute atomic E-state index is 0.127. The number of hydrogen-bond acceptors (Lipinski definition) is 4. The summed E-state index contributed by atoms with van der Waals surface area (Å²) in [5, 5.41) is 0. The first-order valence-corrected chi connectivity index (χ1v) is 2.82. The molecule has 10 heavy (non-hydrogen) atoms. The Morgan fingerprint density at radius 1 is 1.80 bits per heavy atom. The second kappa shape index (κ2) is 3.34. The Kier molecular flexibility index (Phi) is 2.42. The third-order valence-electron chi connectivity index (χ3n) is 0.972. The van der Waals surface area contributed by atoms with E-state index in [9.17, 15) is 4.79 Å². The molecule has 0 aromatic heterocycles. The number of ether oxygens (including phenoxy) is 3. The first kappa shape index (κ1) is 7.24. The quantitative estimate of drug-likeness (QED) is 0.414. The van der Waals surface area contributed by atoms with Gasteiger partial charge in [0.2, 0.25) is 6.29 Å². The zero-order valence-corrected chi connectivity index (χ0v) is 5.57. The highest BCUT2D eigenvalue weighted by Crippen LogP contribution is 2.05. The Hall–Kier alpha value is -0.870. The summed E-state index contributed by atoms with van der Waals surface area (Å²) in [7, 11) is 1.50. The van der Waals surface area contributed by atoms with Crippen molar-refractivity contribution in [3.05, 3.63) is 12.2 Å². The van der Waals surface area contributed by atoms with Crippen LogP contribution in [0.15, 0.2) is 12.2 Å². The zero-order valence-electron chi connectivity index (χ0n) is 5.57. The van der Waals surface area contributed by atoms with Crippen molar-refractivity contribution in [1.82, 2.24) is 0 Å². The Bertz CT molecular complexity index is 152.